The van der Waals surface area contributed by atoms with Crippen molar-refractivity contribution in [2.75, 3.05) is 12.8 Å². The summed E-state index contributed by atoms with van der Waals surface area (Å²) in [6.45, 7) is 1.37. The summed E-state index contributed by atoms with van der Waals surface area (Å²) in [6.07, 6.45) is 0.701. The molecule has 0 bridgehead atoms. The molecule has 0 saturated carbocycles. The first kappa shape index (κ1) is 22.2. The SMILES string of the molecule is CC(CCN1Cc2cc(-c3ccc(Cl)cc3F)ccc2C1=O)(C(=O)NO)S(C)(=O)=O. The second-order valence-corrected chi connectivity index (χ2v) is 10.3. The molecular weight excluding hydrogens is 435 g/mol. The molecule has 160 valence electrons. The maximum Gasteiger partial charge on any atom is 0.264 e. The number of nitrogens with one attached hydrogen (secondary N) is 1. The van der Waals surface area contributed by atoms with Gasteiger partial charge < -0.3 is 4.90 Å². The molecule has 2 N–H and O–H groups in total. The normalized spacial score (nSPS) is 15.6. The third kappa shape index (κ3) is 3.92. The molecule has 1 unspecified atom stereocenters. The zero-order valence-electron chi connectivity index (χ0n) is 16.3. The summed E-state index contributed by atoms with van der Waals surface area (Å²) in [5, 5.41) is 9.19. The molecule has 2 aromatic rings. The largest absolute Gasteiger partial charge is 0.334 e. The molecular formula is C20H20ClFN2O5S. The smallest absolute Gasteiger partial charge is 0.264 e. The Morgan fingerprint density at radius 3 is 2.53 bits per heavy atom. The van der Waals surface area contributed by atoms with E-state index in [2.05, 4.69) is 0 Å². The van der Waals surface area contributed by atoms with Crippen molar-refractivity contribution in [2.24, 2.45) is 0 Å². The van der Waals surface area contributed by atoms with Crippen molar-refractivity contribution in [3.05, 3.63) is 58.4 Å². The molecule has 1 heterocycles. The molecule has 0 spiro atoms. The fraction of sp³-hybridized carbons (Fsp3) is 0.300. The average Bonchev–Trinajstić information content (AvgIpc) is 2.99. The highest BCUT2D eigenvalue weighted by atomic mass is 35.5. The molecule has 3 rings (SSSR count). The van der Waals surface area contributed by atoms with Crippen LogP contribution in [0.15, 0.2) is 36.4 Å². The minimum atomic E-state index is -3.87. The minimum absolute atomic E-state index is 0.0187. The van der Waals surface area contributed by atoms with Crippen molar-refractivity contribution in [1.82, 2.24) is 10.4 Å². The first-order valence-electron chi connectivity index (χ1n) is 8.99. The van der Waals surface area contributed by atoms with Crippen LogP contribution in [0.5, 0.6) is 0 Å². The van der Waals surface area contributed by atoms with Gasteiger partial charge in [0.15, 0.2) is 14.6 Å². The Labute approximate surface area is 178 Å². The van der Waals surface area contributed by atoms with Crippen LogP contribution in [-0.2, 0) is 21.2 Å². The van der Waals surface area contributed by atoms with E-state index in [0.29, 0.717) is 22.3 Å². The Morgan fingerprint density at radius 2 is 1.93 bits per heavy atom. The summed E-state index contributed by atoms with van der Waals surface area (Å²) in [5.74, 6) is -1.86. The number of rotatable bonds is 6. The van der Waals surface area contributed by atoms with Gasteiger partial charge in [-0.1, -0.05) is 17.7 Å². The van der Waals surface area contributed by atoms with Crippen molar-refractivity contribution in [3.8, 4) is 11.1 Å². The number of carbonyl (C=O) groups excluding carboxylic acids is 2. The van der Waals surface area contributed by atoms with E-state index in [9.17, 15) is 22.4 Å². The van der Waals surface area contributed by atoms with Crippen molar-refractivity contribution in [3.63, 3.8) is 0 Å². The van der Waals surface area contributed by atoms with Crippen molar-refractivity contribution >= 4 is 33.3 Å². The molecule has 7 nitrogen and oxygen atoms in total. The highest BCUT2D eigenvalue weighted by Gasteiger charge is 2.44. The van der Waals surface area contributed by atoms with Crippen LogP contribution in [0.2, 0.25) is 5.02 Å². The molecule has 2 amide bonds. The van der Waals surface area contributed by atoms with E-state index in [1.807, 2.05) is 0 Å². The predicted molar refractivity (Wildman–Crippen MR) is 109 cm³/mol. The second kappa shape index (κ2) is 7.98. The molecule has 0 fully saturated rings. The van der Waals surface area contributed by atoms with E-state index < -0.39 is 26.3 Å². The molecule has 0 saturated heterocycles. The van der Waals surface area contributed by atoms with Crippen molar-refractivity contribution in [2.45, 2.75) is 24.6 Å². The number of benzene rings is 2. The van der Waals surface area contributed by atoms with Crippen molar-refractivity contribution in [1.29, 1.82) is 0 Å². The monoisotopic (exact) mass is 454 g/mol. The molecule has 10 heteroatoms. The van der Waals surface area contributed by atoms with Crippen LogP contribution in [0.1, 0.15) is 29.3 Å². The van der Waals surface area contributed by atoms with Crippen LogP contribution >= 0.6 is 11.6 Å². The number of amides is 2. The highest BCUT2D eigenvalue weighted by Crippen LogP contribution is 2.32. The van der Waals surface area contributed by atoms with E-state index in [0.717, 1.165) is 6.26 Å². The standard InChI is InChI=1S/C20H20ClFN2O5S/c1-20(19(26)23-27,30(2,28)29)7-8-24-11-13-9-12(3-5-16(13)18(24)25)15-6-4-14(21)10-17(15)22/h3-6,9-10,27H,7-8,11H2,1-2H3,(H,23,26). The number of sulfone groups is 1. The van der Waals surface area contributed by atoms with Gasteiger partial charge in [-0.2, -0.15) is 0 Å². The molecule has 30 heavy (non-hydrogen) atoms. The van der Waals surface area contributed by atoms with Crippen LogP contribution in [0.3, 0.4) is 0 Å². The van der Waals surface area contributed by atoms with Gasteiger partial charge in [0.05, 0.1) is 0 Å². The number of fused-ring (bicyclic) bond motifs is 1. The lowest BCUT2D eigenvalue weighted by Gasteiger charge is -2.27. The quantitative estimate of drug-likeness (QED) is 0.516. The summed E-state index contributed by atoms with van der Waals surface area (Å²) in [4.78, 5) is 26.1. The summed E-state index contributed by atoms with van der Waals surface area (Å²) < 4.78 is 36.5. The Balaban J connectivity index is 1.83. The van der Waals surface area contributed by atoms with Gasteiger partial charge >= 0.3 is 0 Å². The fourth-order valence-electron chi connectivity index (χ4n) is 3.39. The Bertz CT molecular complexity index is 1140. The number of halogens is 2. The van der Waals surface area contributed by atoms with Gasteiger partial charge in [0.2, 0.25) is 0 Å². The molecule has 0 radical (unpaired) electrons. The van der Waals surface area contributed by atoms with Gasteiger partial charge in [0, 0.05) is 35.5 Å². The Hall–Kier alpha value is -2.49. The fourth-order valence-corrected chi connectivity index (χ4v) is 4.39. The van der Waals surface area contributed by atoms with Crippen LogP contribution in [0, 0.1) is 5.82 Å². The highest BCUT2D eigenvalue weighted by molar-refractivity contribution is 7.92. The van der Waals surface area contributed by atoms with Gasteiger partial charge in [-0.05, 0) is 54.8 Å². The molecule has 1 aliphatic rings. The third-order valence-electron chi connectivity index (χ3n) is 5.49. The molecule has 1 atom stereocenters. The molecule has 1 aliphatic heterocycles. The minimum Gasteiger partial charge on any atom is -0.334 e. The van der Waals surface area contributed by atoms with Crippen LogP contribution in [0.4, 0.5) is 4.39 Å². The van der Waals surface area contributed by atoms with E-state index in [4.69, 9.17) is 16.8 Å². The number of hydrogen-bond acceptors (Lipinski definition) is 5. The van der Waals surface area contributed by atoms with E-state index >= 15 is 0 Å². The van der Waals surface area contributed by atoms with Crippen molar-refractivity contribution < 1.29 is 27.6 Å². The summed E-state index contributed by atoms with van der Waals surface area (Å²) in [6, 6.07) is 9.26. The first-order chi connectivity index (χ1) is 14.0. The second-order valence-electron chi connectivity index (χ2n) is 7.42. The Morgan fingerprint density at radius 1 is 1.27 bits per heavy atom. The Kier molecular flexibility index (Phi) is 5.90. The van der Waals surface area contributed by atoms with Gasteiger partial charge in [0.1, 0.15) is 5.82 Å². The maximum absolute atomic E-state index is 14.2. The number of carbonyl (C=O) groups is 2. The van der Waals surface area contributed by atoms with E-state index in [1.165, 1.54) is 23.4 Å². The lowest BCUT2D eigenvalue weighted by Crippen LogP contribution is -2.50. The number of hydroxylamine groups is 1. The molecule has 2 aromatic carbocycles. The zero-order valence-corrected chi connectivity index (χ0v) is 17.8. The third-order valence-corrected chi connectivity index (χ3v) is 7.75. The van der Waals surface area contributed by atoms with Crippen LogP contribution in [0.25, 0.3) is 11.1 Å². The van der Waals surface area contributed by atoms with Crippen LogP contribution < -0.4 is 5.48 Å². The lowest BCUT2D eigenvalue weighted by molar-refractivity contribution is -0.131. The van der Waals surface area contributed by atoms with Gasteiger partial charge in [0.25, 0.3) is 11.8 Å². The lowest BCUT2D eigenvalue weighted by atomic mass is 10.00. The zero-order chi connectivity index (χ0) is 22.3. The van der Waals surface area contributed by atoms with Gasteiger partial charge in [-0.25, -0.2) is 18.3 Å². The predicted octanol–water partition coefficient (Wildman–Crippen LogP) is 2.80. The summed E-state index contributed by atoms with van der Waals surface area (Å²) >= 11 is 5.79. The first-order valence-corrected chi connectivity index (χ1v) is 11.3. The average molecular weight is 455 g/mol. The van der Waals surface area contributed by atoms with Crippen LogP contribution in [-0.4, -0.2) is 47.9 Å². The number of nitrogens with zero attached hydrogens (tertiary/aromatic N) is 1. The van der Waals surface area contributed by atoms with E-state index in [1.54, 1.807) is 30.3 Å². The number of hydrogen-bond donors (Lipinski definition) is 2. The topological polar surface area (TPSA) is 104 Å². The van der Waals surface area contributed by atoms with Gasteiger partial charge in [-0.15, -0.1) is 0 Å². The molecule has 0 aromatic heterocycles. The summed E-state index contributed by atoms with van der Waals surface area (Å²) in [5.41, 5.74) is 3.41. The van der Waals surface area contributed by atoms with E-state index in [-0.39, 0.29) is 30.4 Å². The van der Waals surface area contributed by atoms with Gasteiger partial charge in [-0.3, -0.25) is 14.8 Å². The molecule has 0 aliphatic carbocycles. The maximum atomic E-state index is 14.2. The summed E-state index contributed by atoms with van der Waals surface area (Å²) in [7, 11) is -3.87.